The number of aryl methyl sites for hydroxylation is 1. The Balaban J connectivity index is 1.84. The normalized spacial score (nSPS) is 19.6. The third kappa shape index (κ3) is 3.47. The molecule has 2 rings (SSSR count). The first-order chi connectivity index (χ1) is 9.59. The highest BCUT2D eigenvalue weighted by atomic mass is 32.2. The van der Waals surface area contributed by atoms with Crippen LogP contribution in [-0.4, -0.2) is 61.8 Å². The molecule has 1 N–H and O–H groups in total. The van der Waals surface area contributed by atoms with E-state index in [-0.39, 0.29) is 11.8 Å². The first-order valence-electron chi connectivity index (χ1n) is 6.52. The number of rotatable bonds is 4. The number of amides is 2. The summed E-state index contributed by atoms with van der Waals surface area (Å²) in [5.41, 5.74) is 0. The van der Waals surface area contributed by atoms with Gasteiger partial charge in [-0.2, -0.15) is 0 Å². The topological polar surface area (TPSA) is 93.0 Å². The van der Waals surface area contributed by atoms with Crippen molar-refractivity contribution in [2.45, 2.75) is 31.0 Å². The molecule has 1 aromatic heterocycles. The number of aromatic nitrogens is 4. The summed E-state index contributed by atoms with van der Waals surface area (Å²) in [5, 5.41) is 14.6. The zero-order valence-electron chi connectivity index (χ0n) is 11.6. The standard InChI is InChI=1S/C11H18N6O2S/c1-8-10(19)12-5-3-6-17(8)9(18)4-7-20-11-13-14-15-16(11)2/h8H,3-7H2,1-2H3,(H,12,19)/t8-/m0/s1. The zero-order valence-corrected chi connectivity index (χ0v) is 12.4. The van der Waals surface area contributed by atoms with Crippen molar-refractivity contribution in [3.05, 3.63) is 0 Å². The van der Waals surface area contributed by atoms with E-state index >= 15 is 0 Å². The maximum absolute atomic E-state index is 12.2. The summed E-state index contributed by atoms with van der Waals surface area (Å²) in [6.07, 6.45) is 1.16. The molecule has 110 valence electrons. The van der Waals surface area contributed by atoms with Crippen LogP contribution in [0.1, 0.15) is 19.8 Å². The number of hydrogen-bond donors (Lipinski definition) is 1. The second kappa shape index (κ2) is 6.69. The van der Waals surface area contributed by atoms with E-state index < -0.39 is 6.04 Å². The molecule has 0 saturated carbocycles. The Morgan fingerprint density at radius 1 is 1.55 bits per heavy atom. The van der Waals surface area contributed by atoms with Crippen molar-refractivity contribution < 1.29 is 9.59 Å². The molecule has 9 heteroatoms. The average Bonchev–Trinajstić information content (AvgIpc) is 2.75. The second-order valence-corrected chi connectivity index (χ2v) is 5.65. The van der Waals surface area contributed by atoms with Crippen LogP contribution in [-0.2, 0) is 16.6 Å². The molecule has 1 aliphatic rings. The minimum atomic E-state index is -0.397. The summed E-state index contributed by atoms with van der Waals surface area (Å²) in [7, 11) is 1.76. The molecule has 0 radical (unpaired) electrons. The van der Waals surface area contributed by atoms with Crippen LogP contribution >= 0.6 is 11.8 Å². The Labute approximate surface area is 121 Å². The van der Waals surface area contributed by atoms with E-state index in [1.165, 1.54) is 11.8 Å². The lowest BCUT2D eigenvalue weighted by molar-refractivity contribution is -0.138. The minimum Gasteiger partial charge on any atom is -0.354 e. The van der Waals surface area contributed by atoms with E-state index in [1.807, 2.05) is 0 Å². The number of hydrogen-bond acceptors (Lipinski definition) is 6. The van der Waals surface area contributed by atoms with Crippen molar-refractivity contribution in [2.75, 3.05) is 18.8 Å². The third-order valence-electron chi connectivity index (χ3n) is 3.17. The van der Waals surface area contributed by atoms with Gasteiger partial charge < -0.3 is 10.2 Å². The molecule has 1 fully saturated rings. The molecule has 8 nitrogen and oxygen atoms in total. The highest BCUT2D eigenvalue weighted by Gasteiger charge is 2.27. The van der Waals surface area contributed by atoms with Crippen LogP contribution in [0.5, 0.6) is 0 Å². The van der Waals surface area contributed by atoms with Gasteiger partial charge in [0.2, 0.25) is 17.0 Å². The van der Waals surface area contributed by atoms with E-state index in [9.17, 15) is 9.59 Å². The van der Waals surface area contributed by atoms with Crippen LogP contribution < -0.4 is 5.32 Å². The summed E-state index contributed by atoms with van der Waals surface area (Å²) in [5.74, 6) is 0.510. The fourth-order valence-corrected chi connectivity index (χ4v) is 2.78. The third-order valence-corrected chi connectivity index (χ3v) is 4.18. The molecule has 1 aromatic rings. The summed E-state index contributed by atoms with van der Waals surface area (Å²) in [6.45, 7) is 3.01. The van der Waals surface area contributed by atoms with E-state index in [0.29, 0.717) is 30.4 Å². The van der Waals surface area contributed by atoms with Crippen molar-refractivity contribution in [1.82, 2.24) is 30.4 Å². The van der Waals surface area contributed by atoms with Gasteiger partial charge in [0.05, 0.1) is 0 Å². The number of carbonyl (C=O) groups is 2. The predicted molar refractivity (Wildman–Crippen MR) is 72.9 cm³/mol. The summed E-state index contributed by atoms with van der Waals surface area (Å²) < 4.78 is 1.57. The van der Waals surface area contributed by atoms with E-state index in [1.54, 1.807) is 23.6 Å². The van der Waals surface area contributed by atoms with Gasteiger partial charge in [0.1, 0.15) is 6.04 Å². The summed E-state index contributed by atoms with van der Waals surface area (Å²) >= 11 is 1.43. The maximum atomic E-state index is 12.2. The number of carbonyl (C=O) groups excluding carboxylic acids is 2. The molecule has 0 bridgehead atoms. The van der Waals surface area contributed by atoms with Crippen LogP contribution in [0.15, 0.2) is 5.16 Å². The fourth-order valence-electron chi connectivity index (χ4n) is 2.00. The first-order valence-corrected chi connectivity index (χ1v) is 7.50. The van der Waals surface area contributed by atoms with E-state index in [4.69, 9.17) is 0 Å². The molecule has 0 aliphatic carbocycles. The van der Waals surface area contributed by atoms with Gasteiger partial charge in [-0.15, -0.1) is 5.10 Å². The Hall–Kier alpha value is -1.64. The molecular weight excluding hydrogens is 280 g/mol. The Morgan fingerprint density at radius 3 is 3.05 bits per heavy atom. The van der Waals surface area contributed by atoms with Crippen molar-refractivity contribution in [2.24, 2.45) is 7.05 Å². The zero-order chi connectivity index (χ0) is 14.5. The maximum Gasteiger partial charge on any atom is 0.242 e. The van der Waals surface area contributed by atoms with Gasteiger partial charge in [0, 0.05) is 32.3 Å². The largest absolute Gasteiger partial charge is 0.354 e. The highest BCUT2D eigenvalue weighted by Crippen LogP contribution is 2.15. The van der Waals surface area contributed by atoms with Gasteiger partial charge in [-0.3, -0.25) is 9.59 Å². The Morgan fingerprint density at radius 2 is 2.35 bits per heavy atom. The lowest BCUT2D eigenvalue weighted by Crippen LogP contribution is -2.45. The van der Waals surface area contributed by atoms with Gasteiger partial charge >= 0.3 is 0 Å². The molecule has 1 saturated heterocycles. The molecule has 1 aliphatic heterocycles. The molecule has 0 aromatic carbocycles. The minimum absolute atomic E-state index is 0.00261. The average molecular weight is 298 g/mol. The lowest BCUT2D eigenvalue weighted by atomic mass is 10.2. The van der Waals surface area contributed by atoms with Crippen molar-refractivity contribution in [3.8, 4) is 0 Å². The number of thioether (sulfide) groups is 1. The van der Waals surface area contributed by atoms with Crippen LogP contribution in [0, 0.1) is 0 Å². The van der Waals surface area contributed by atoms with Crippen LogP contribution in [0.25, 0.3) is 0 Å². The number of nitrogens with one attached hydrogen (secondary N) is 1. The molecule has 20 heavy (non-hydrogen) atoms. The number of tetrazole rings is 1. The van der Waals surface area contributed by atoms with Gasteiger partial charge in [-0.1, -0.05) is 11.8 Å². The van der Waals surface area contributed by atoms with Crippen LogP contribution in [0.3, 0.4) is 0 Å². The molecule has 1 atom stereocenters. The summed E-state index contributed by atoms with van der Waals surface area (Å²) in [4.78, 5) is 25.5. The van der Waals surface area contributed by atoms with E-state index in [2.05, 4.69) is 20.8 Å². The molecular formula is C11H18N6O2S. The smallest absolute Gasteiger partial charge is 0.242 e. The molecule has 2 heterocycles. The predicted octanol–water partition coefficient (Wildman–Crippen LogP) is -0.571. The van der Waals surface area contributed by atoms with Gasteiger partial charge in [0.15, 0.2) is 0 Å². The van der Waals surface area contributed by atoms with Crippen LogP contribution in [0.4, 0.5) is 0 Å². The van der Waals surface area contributed by atoms with Gasteiger partial charge in [-0.25, -0.2) is 4.68 Å². The van der Waals surface area contributed by atoms with Gasteiger partial charge in [0.25, 0.3) is 0 Å². The molecule has 0 spiro atoms. The monoisotopic (exact) mass is 298 g/mol. The molecule has 0 unspecified atom stereocenters. The van der Waals surface area contributed by atoms with Gasteiger partial charge in [-0.05, 0) is 23.8 Å². The Bertz CT molecular complexity index is 491. The second-order valence-electron chi connectivity index (χ2n) is 4.59. The van der Waals surface area contributed by atoms with Crippen molar-refractivity contribution in [1.29, 1.82) is 0 Å². The van der Waals surface area contributed by atoms with Crippen molar-refractivity contribution >= 4 is 23.6 Å². The fraction of sp³-hybridized carbons (Fsp3) is 0.727. The van der Waals surface area contributed by atoms with E-state index in [0.717, 1.165) is 6.42 Å². The SMILES string of the molecule is C[C@H]1C(=O)NCCCN1C(=O)CCSc1nnnn1C. The van der Waals surface area contributed by atoms with Crippen molar-refractivity contribution in [3.63, 3.8) is 0 Å². The molecule has 2 amide bonds. The number of nitrogens with zero attached hydrogens (tertiary/aromatic N) is 5. The highest BCUT2D eigenvalue weighted by molar-refractivity contribution is 7.99. The first kappa shape index (κ1) is 14.8. The lowest BCUT2D eigenvalue weighted by Gasteiger charge is -2.25. The quantitative estimate of drug-likeness (QED) is 0.748. The van der Waals surface area contributed by atoms with Crippen LogP contribution in [0.2, 0.25) is 0 Å². The summed E-state index contributed by atoms with van der Waals surface area (Å²) in [6, 6.07) is -0.397. The Kier molecular flexibility index (Phi) is 4.94.